The van der Waals surface area contributed by atoms with Gasteiger partial charge in [0.1, 0.15) is 0 Å². The quantitative estimate of drug-likeness (QED) is 0.525. The molecular weight excluding hydrogens is 162 g/mol. The standard InChI is InChI=1S/C6H9N3O3/c1-5(4-10)8-3-2-6(7-8)9(11)12/h2-3,5,10H,4H2,1H3. The van der Waals surface area contributed by atoms with Crippen LogP contribution in [0.3, 0.4) is 0 Å². The third-order valence-electron chi connectivity index (χ3n) is 1.50. The minimum atomic E-state index is -0.569. The van der Waals surface area contributed by atoms with Gasteiger partial charge in [-0.1, -0.05) is 0 Å². The maximum atomic E-state index is 10.2. The first-order valence-electron chi connectivity index (χ1n) is 3.45. The van der Waals surface area contributed by atoms with E-state index in [0.717, 1.165) is 0 Å². The van der Waals surface area contributed by atoms with E-state index in [1.807, 2.05) is 0 Å². The van der Waals surface area contributed by atoms with Gasteiger partial charge in [0, 0.05) is 0 Å². The van der Waals surface area contributed by atoms with Crippen LogP contribution in [0.5, 0.6) is 0 Å². The van der Waals surface area contributed by atoms with E-state index in [1.165, 1.54) is 16.9 Å². The molecule has 0 amide bonds. The number of nitrogens with zero attached hydrogens (tertiary/aromatic N) is 3. The van der Waals surface area contributed by atoms with Crippen LogP contribution in [0, 0.1) is 10.1 Å². The number of aliphatic hydroxyl groups excluding tert-OH is 1. The molecule has 0 aliphatic heterocycles. The Labute approximate surface area is 68.6 Å². The lowest BCUT2D eigenvalue weighted by Gasteiger charge is -2.01. The van der Waals surface area contributed by atoms with Gasteiger partial charge >= 0.3 is 5.82 Å². The second kappa shape index (κ2) is 3.31. The van der Waals surface area contributed by atoms with Gasteiger partial charge in [0.05, 0.1) is 30.0 Å². The zero-order valence-corrected chi connectivity index (χ0v) is 6.54. The van der Waals surface area contributed by atoms with E-state index in [2.05, 4.69) is 5.10 Å². The van der Waals surface area contributed by atoms with Gasteiger partial charge in [0.2, 0.25) is 0 Å². The summed E-state index contributed by atoms with van der Waals surface area (Å²) >= 11 is 0. The number of hydrogen-bond donors (Lipinski definition) is 1. The van der Waals surface area contributed by atoms with Gasteiger partial charge in [-0.15, -0.1) is 0 Å². The average molecular weight is 171 g/mol. The zero-order valence-electron chi connectivity index (χ0n) is 6.54. The molecule has 0 bridgehead atoms. The van der Waals surface area contributed by atoms with Crippen LogP contribution in [0.4, 0.5) is 5.82 Å². The molecule has 1 heterocycles. The largest absolute Gasteiger partial charge is 0.394 e. The molecule has 0 saturated carbocycles. The summed E-state index contributed by atoms with van der Waals surface area (Å²) in [5.74, 6) is -0.199. The summed E-state index contributed by atoms with van der Waals surface area (Å²) in [5.41, 5.74) is 0. The molecule has 6 nitrogen and oxygen atoms in total. The Bertz CT molecular complexity index is 283. The normalized spacial score (nSPS) is 12.8. The molecule has 0 saturated heterocycles. The van der Waals surface area contributed by atoms with E-state index < -0.39 is 4.92 Å². The van der Waals surface area contributed by atoms with E-state index in [-0.39, 0.29) is 18.5 Å². The van der Waals surface area contributed by atoms with Crippen molar-refractivity contribution in [1.82, 2.24) is 9.78 Å². The summed E-state index contributed by atoms with van der Waals surface area (Å²) in [6.07, 6.45) is 1.47. The zero-order chi connectivity index (χ0) is 9.14. The minimum absolute atomic E-state index is 0.0845. The molecule has 0 spiro atoms. The summed E-state index contributed by atoms with van der Waals surface area (Å²) in [7, 11) is 0. The monoisotopic (exact) mass is 171 g/mol. The summed E-state index contributed by atoms with van der Waals surface area (Å²) in [6, 6.07) is 1.07. The van der Waals surface area contributed by atoms with Crippen molar-refractivity contribution in [2.24, 2.45) is 0 Å². The summed E-state index contributed by atoms with van der Waals surface area (Å²) in [5, 5.41) is 22.5. The molecule has 6 heteroatoms. The smallest absolute Gasteiger partial charge is 0.389 e. The van der Waals surface area contributed by atoms with Crippen LogP contribution in [0.15, 0.2) is 12.3 Å². The van der Waals surface area contributed by atoms with Crippen molar-refractivity contribution in [3.63, 3.8) is 0 Å². The molecule has 0 aliphatic carbocycles. The molecular formula is C6H9N3O3. The number of aromatic nitrogens is 2. The van der Waals surface area contributed by atoms with Gasteiger partial charge in [0.15, 0.2) is 0 Å². The SMILES string of the molecule is CC(CO)n1ccc([N+](=O)[O-])n1. The van der Waals surface area contributed by atoms with E-state index in [1.54, 1.807) is 6.92 Å². The Kier molecular flexibility index (Phi) is 2.39. The Balaban J connectivity index is 2.84. The van der Waals surface area contributed by atoms with Crippen LogP contribution in [0.25, 0.3) is 0 Å². The van der Waals surface area contributed by atoms with E-state index in [4.69, 9.17) is 5.11 Å². The summed E-state index contributed by atoms with van der Waals surface area (Å²) in [4.78, 5) is 9.62. The van der Waals surface area contributed by atoms with E-state index >= 15 is 0 Å². The highest BCUT2D eigenvalue weighted by Crippen LogP contribution is 2.09. The fourth-order valence-corrected chi connectivity index (χ4v) is 0.755. The van der Waals surface area contributed by atoms with Crippen LogP contribution >= 0.6 is 0 Å². The number of rotatable bonds is 3. The molecule has 0 aliphatic rings. The minimum Gasteiger partial charge on any atom is -0.394 e. The lowest BCUT2D eigenvalue weighted by molar-refractivity contribution is -0.389. The van der Waals surface area contributed by atoms with Crippen molar-refractivity contribution < 1.29 is 10.0 Å². The predicted octanol–water partition coefficient (Wildman–Crippen LogP) is 0.345. The van der Waals surface area contributed by atoms with Crippen LogP contribution in [-0.4, -0.2) is 26.4 Å². The second-order valence-corrected chi connectivity index (χ2v) is 2.44. The van der Waals surface area contributed by atoms with Crippen molar-refractivity contribution in [1.29, 1.82) is 0 Å². The third-order valence-corrected chi connectivity index (χ3v) is 1.50. The van der Waals surface area contributed by atoms with Crippen molar-refractivity contribution >= 4 is 5.82 Å². The first-order chi connectivity index (χ1) is 5.65. The van der Waals surface area contributed by atoms with Crippen LogP contribution in [0.2, 0.25) is 0 Å². The van der Waals surface area contributed by atoms with Gasteiger partial charge < -0.3 is 15.2 Å². The van der Waals surface area contributed by atoms with Crippen molar-refractivity contribution in [3.8, 4) is 0 Å². The molecule has 1 N–H and O–H groups in total. The Morgan fingerprint density at radius 2 is 2.58 bits per heavy atom. The second-order valence-electron chi connectivity index (χ2n) is 2.44. The molecule has 12 heavy (non-hydrogen) atoms. The molecule has 1 aromatic rings. The summed E-state index contributed by atoms with van der Waals surface area (Å²) in [6.45, 7) is 1.63. The number of hydrogen-bond acceptors (Lipinski definition) is 4. The highest BCUT2D eigenvalue weighted by molar-refractivity contribution is 5.14. The fourth-order valence-electron chi connectivity index (χ4n) is 0.755. The molecule has 66 valence electrons. The Morgan fingerprint density at radius 1 is 1.92 bits per heavy atom. The number of nitro groups is 1. The molecule has 1 aromatic heterocycles. The number of aliphatic hydroxyl groups is 1. The van der Waals surface area contributed by atoms with Crippen molar-refractivity contribution in [2.45, 2.75) is 13.0 Å². The topological polar surface area (TPSA) is 81.2 Å². The molecule has 0 aromatic carbocycles. The molecule has 1 unspecified atom stereocenters. The van der Waals surface area contributed by atoms with E-state index in [9.17, 15) is 10.1 Å². The Morgan fingerprint density at radius 3 is 3.00 bits per heavy atom. The van der Waals surface area contributed by atoms with Gasteiger partial charge in [-0.3, -0.25) is 0 Å². The fraction of sp³-hybridized carbons (Fsp3) is 0.500. The highest BCUT2D eigenvalue weighted by Gasteiger charge is 2.14. The maximum absolute atomic E-state index is 10.2. The van der Waals surface area contributed by atoms with Gasteiger partial charge in [-0.2, -0.15) is 4.68 Å². The van der Waals surface area contributed by atoms with Gasteiger partial charge in [-0.25, -0.2) is 0 Å². The van der Waals surface area contributed by atoms with Gasteiger partial charge in [-0.05, 0) is 11.8 Å². The summed E-state index contributed by atoms with van der Waals surface area (Å²) < 4.78 is 1.36. The molecule has 1 atom stereocenters. The van der Waals surface area contributed by atoms with Crippen LogP contribution in [-0.2, 0) is 0 Å². The van der Waals surface area contributed by atoms with Gasteiger partial charge in [0.25, 0.3) is 0 Å². The van der Waals surface area contributed by atoms with Crippen molar-refractivity contribution in [2.75, 3.05) is 6.61 Å². The first-order valence-corrected chi connectivity index (χ1v) is 3.45. The highest BCUT2D eigenvalue weighted by atomic mass is 16.6. The third kappa shape index (κ3) is 1.59. The van der Waals surface area contributed by atoms with Crippen LogP contribution < -0.4 is 0 Å². The van der Waals surface area contributed by atoms with Crippen molar-refractivity contribution in [3.05, 3.63) is 22.4 Å². The molecule has 0 fully saturated rings. The maximum Gasteiger partial charge on any atom is 0.389 e. The first kappa shape index (κ1) is 8.66. The lowest BCUT2D eigenvalue weighted by atomic mass is 10.4. The molecule has 1 rings (SSSR count). The van der Waals surface area contributed by atoms with Crippen LogP contribution in [0.1, 0.15) is 13.0 Å². The Hall–Kier alpha value is -1.43. The molecule has 0 radical (unpaired) electrons. The van der Waals surface area contributed by atoms with E-state index in [0.29, 0.717) is 0 Å². The average Bonchev–Trinajstić information content (AvgIpc) is 2.51. The lowest BCUT2D eigenvalue weighted by Crippen LogP contribution is -2.09. The predicted molar refractivity (Wildman–Crippen MR) is 40.7 cm³/mol.